The molecule has 1 fully saturated rings. The first kappa shape index (κ1) is 16.8. The molecule has 0 aliphatic carbocycles. The summed E-state index contributed by atoms with van der Waals surface area (Å²) in [6.07, 6.45) is 1.92. The fraction of sp³-hybridized carbons (Fsp3) is 0.611. The largest absolute Gasteiger partial charge is 0.490 e. The van der Waals surface area contributed by atoms with Gasteiger partial charge in [0.05, 0.1) is 5.41 Å². The fourth-order valence-corrected chi connectivity index (χ4v) is 2.33. The predicted molar refractivity (Wildman–Crippen MR) is 86.7 cm³/mol. The van der Waals surface area contributed by atoms with E-state index in [0.29, 0.717) is 0 Å². The van der Waals surface area contributed by atoms with Crippen LogP contribution in [0.2, 0.25) is 0 Å². The van der Waals surface area contributed by atoms with Crippen molar-refractivity contribution in [1.29, 1.82) is 0 Å². The second-order valence-electron chi connectivity index (χ2n) is 7.07. The summed E-state index contributed by atoms with van der Waals surface area (Å²) in [5.41, 5.74) is 1.98. The molecular weight excluding hydrogens is 278 g/mol. The van der Waals surface area contributed by atoms with Crippen LogP contribution in [0, 0.1) is 19.3 Å². The first-order valence-corrected chi connectivity index (χ1v) is 7.97. The van der Waals surface area contributed by atoms with Crippen molar-refractivity contribution in [2.24, 2.45) is 5.41 Å². The maximum atomic E-state index is 11.9. The summed E-state index contributed by atoms with van der Waals surface area (Å²) in [5.74, 6) is 0.784. The number of rotatable bonds is 3. The Morgan fingerprint density at radius 2 is 1.82 bits per heavy atom. The van der Waals surface area contributed by atoms with Gasteiger partial charge in [-0.25, -0.2) is 4.79 Å². The van der Waals surface area contributed by atoms with Crippen LogP contribution in [0.25, 0.3) is 0 Å². The summed E-state index contributed by atoms with van der Waals surface area (Å²) in [7, 11) is 0. The van der Waals surface area contributed by atoms with Crippen LogP contribution in [0.5, 0.6) is 5.75 Å². The van der Waals surface area contributed by atoms with E-state index in [-0.39, 0.29) is 12.1 Å². The van der Waals surface area contributed by atoms with E-state index in [4.69, 9.17) is 9.57 Å². The minimum atomic E-state index is -0.466. The van der Waals surface area contributed by atoms with E-state index in [9.17, 15) is 4.79 Å². The first-order chi connectivity index (χ1) is 10.3. The van der Waals surface area contributed by atoms with Crippen molar-refractivity contribution in [3.63, 3.8) is 0 Å². The number of aryl methyl sites for hydroxylation is 1. The Hall–Kier alpha value is -1.55. The molecule has 0 amide bonds. The molecule has 0 unspecified atom stereocenters. The summed E-state index contributed by atoms with van der Waals surface area (Å²) in [6.45, 7) is 11.2. The van der Waals surface area contributed by atoms with Gasteiger partial charge in [0.1, 0.15) is 11.9 Å². The van der Waals surface area contributed by atoms with Crippen LogP contribution in [0.4, 0.5) is 0 Å². The molecule has 0 atom stereocenters. The zero-order valence-corrected chi connectivity index (χ0v) is 14.3. The monoisotopic (exact) mass is 305 g/mol. The van der Waals surface area contributed by atoms with Crippen molar-refractivity contribution in [1.82, 2.24) is 5.06 Å². The van der Waals surface area contributed by atoms with Gasteiger partial charge in [0.25, 0.3) is 0 Å². The third kappa shape index (κ3) is 4.23. The Balaban J connectivity index is 1.85. The van der Waals surface area contributed by atoms with Crippen molar-refractivity contribution >= 4 is 5.97 Å². The number of piperidine rings is 1. The Morgan fingerprint density at radius 1 is 1.18 bits per heavy atom. The number of hydrogen-bond donors (Lipinski definition) is 0. The summed E-state index contributed by atoms with van der Waals surface area (Å²) in [5, 5.41) is 1.76. The van der Waals surface area contributed by atoms with E-state index < -0.39 is 5.41 Å². The van der Waals surface area contributed by atoms with Crippen molar-refractivity contribution in [2.45, 2.75) is 53.6 Å². The van der Waals surface area contributed by atoms with Gasteiger partial charge in [-0.2, -0.15) is 0 Å². The minimum Gasteiger partial charge on any atom is -0.490 e. The van der Waals surface area contributed by atoms with E-state index in [2.05, 4.69) is 19.9 Å². The average molecular weight is 305 g/mol. The Morgan fingerprint density at radius 3 is 2.41 bits per heavy atom. The topological polar surface area (TPSA) is 38.8 Å². The van der Waals surface area contributed by atoms with Crippen LogP contribution in [0.15, 0.2) is 18.2 Å². The summed E-state index contributed by atoms with van der Waals surface area (Å²) in [6, 6.07) is 6.14. The number of carbonyl (C=O) groups is 1. The van der Waals surface area contributed by atoms with E-state index in [1.807, 2.05) is 32.9 Å². The van der Waals surface area contributed by atoms with Gasteiger partial charge < -0.3 is 9.57 Å². The number of carbonyl (C=O) groups excluding carboxylic acids is 1. The number of hydrogen-bond acceptors (Lipinski definition) is 4. The molecule has 0 N–H and O–H groups in total. The van der Waals surface area contributed by atoms with Crippen molar-refractivity contribution in [3.8, 4) is 5.75 Å². The number of hydroxylamine groups is 2. The van der Waals surface area contributed by atoms with Crippen LogP contribution in [-0.2, 0) is 9.63 Å². The van der Waals surface area contributed by atoms with E-state index >= 15 is 0 Å². The van der Waals surface area contributed by atoms with Gasteiger partial charge >= 0.3 is 5.97 Å². The molecule has 4 heteroatoms. The maximum Gasteiger partial charge on any atom is 0.330 e. The van der Waals surface area contributed by atoms with Gasteiger partial charge in [0, 0.05) is 25.9 Å². The molecule has 122 valence electrons. The fourth-order valence-electron chi connectivity index (χ4n) is 2.33. The van der Waals surface area contributed by atoms with Gasteiger partial charge in [-0.1, -0.05) is 12.1 Å². The molecule has 0 radical (unpaired) electrons. The highest BCUT2D eigenvalue weighted by atomic mass is 16.7. The van der Waals surface area contributed by atoms with E-state index in [1.54, 1.807) is 5.06 Å². The zero-order valence-electron chi connectivity index (χ0n) is 14.3. The molecule has 0 bridgehead atoms. The standard InChI is InChI=1S/C18H27NO3/c1-13-7-6-8-16(14(13)2)21-15-9-11-19(12-10-15)22-17(20)18(3,4)5/h6-8,15H,9-12H2,1-5H3. The predicted octanol–water partition coefficient (Wildman–Crippen LogP) is 3.65. The second-order valence-corrected chi connectivity index (χ2v) is 7.07. The average Bonchev–Trinajstić information content (AvgIpc) is 2.45. The van der Waals surface area contributed by atoms with Crippen LogP contribution in [0.1, 0.15) is 44.7 Å². The lowest BCUT2D eigenvalue weighted by atomic mass is 9.98. The summed E-state index contributed by atoms with van der Waals surface area (Å²) < 4.78 is 6.12. The molecule has 0 saturated carbocycles. The van der Waals surface area contributed by atoms with Crippen LogP contribution < -0.4 is 4.74 Å². The molecule has 22 heavy (non-hydrogen) atoms. The zero-order chi connectivity index (χ0) is 16.3. The maximum absolute atomic E-state index is 11.9. The summed E-state index contributed by atoms with van der Waals surface area (Å²) >= 11 is 0. The molecule has 4 nitrogen and oxygen atoms in total. The molecule has 1 aromatic carbocycles. The number of ether oxygens (including phenoxy) is 1. The van der Waals surface area contributed by atoms with E-state index in [0.717, 1.165) is 31.7 Å². The third-order valence-electron chi connectivity index (χ3n) is 4.07. The quantitative estimate of drug-likeness (QED) is 0.854. The SMILES string of the molecule is Cc1cccc(OC2CCN(OC(=O)C(C)(C)C)CC2)c1C. The Labute approximate surface area is 133 Å². The molecule has 0 spiro atoms. The highest BCUT2D eigenvalue weighted by molar-refractivity contribution is 5.75. The van der Waals surface area contributed by atoms with Gasteiger partial charge in [0.2, 0.25) is 0 Å². The van der Waals surface area contributed by atoms with Crippen molar-refractivity contribution in [2.75, 3.05) is 13.1 Å². The molecular formula is C18H27NO3. The number of benzene rings is 1. The normalized spacial score (nSPS) is 17.3. The smallest absolute Gasteiger partial charge is 0.330 e. The minimum absolute atomic E-state index is 0.179. The molecule has 1 aromatic rings. The highest BCUT2D eigenvalue weighted by Gasteiger charge is 2.29. The number of nitrogens with zero attached hydrogens (tertiary/aromatic N) is 1. The van der Waals surface area contributed by atoms with Gasteiger partial charge in [-0.3, -0.25) is 0 Å². The van der Waals surface area contributed by atoms with E-state index in [1.165, 1.54) is 11.1 Å². The molecule has 1 aliphatic heterocycles. The molecule has 1 heterocycles. The molecule has 2 rings (SSSR count). The summed E-state index contributed by atoms with van der Waals surface area (Å²) in [4.78, 5) is 17.3. The Bertz CT molecular complexity index is 526. The second kappa shape index (κ2) is 6.69. The molecule has 0 aromatic heterocycles. The third-order valence-corrected chi connectivity index (χ3v) is 4.07. The first-order valence-electron chi connectivity index (χ1n) is 7.97. The molecule has 1 aliphatic rings. The highest BCUT2D eigenvalue weighted by Crippen LogP contribution is 2.25. The van der Waals surface area contributed by atoms with Crippen LogP contribution in [0.3, 0.4) is 0 Å². The lowest BCUT2D eigenvalue weighted by Gasteiger charge is -2.32. The van der Waals surface area contributed by atoms with Crippen LogP contribution in [-0.4, -0.2) is 30.2 Å². The van der Waals surface area contributed by atoms with Gasteiger partial charge in [-0.05, 0) is 51.8 Å². The van der Waals surface area contributed by atoms with Gasteiger partial charge in [0.15, 0.2) is 0 Å². The van der Waals surface area contributed by atoms with Gasteiger partial charge in [-0.15, -0.1) is 5.06 Å². The lowest BCUT2D eigenvalue weighted by molar-refractivity contribution is -0.207. The van der Waals surface area contributed by atoms with Crippen LogP contribution >= 0.6 is 0 Å². The van der Waals surface area contributed by atoms with Crippen molar-refractivity contribution in [3.05, 3.63) is 29.3 Å². The lowest BCUT2D eigenvalue weighted by Crippen LogP contribution is -2.41. The van der Waals surface area contributed by atoms with Crippen molar-refractivity contribution < 1.29 is 14.4 Å². The Kier molecular flexibility index (Phi) is 5.12. The molecule has 1 saturated heterocycles.